The fourth-order valence-electron chi connectivity index (χ4n) is 3.21. The van der Waals surface area contributed by atoms with Gasteiger partial charge >= 0.3 is 0 Å². The standard InChI is InChI=1S/C15H25N3O2S2/c1-14-5-6-15(21-14)13-16-7-4-10-18(12-11-16)22(19,20)17-8-2-3-9-17/h5-6H,2-4,7-13H2,1H3. The van der Waals surface area contributed by atoms with E-state index < -0.39 is 10.2 Å². The molecule has 1 aromatic heterocycles. The second-order valence-corrected chi connectivity index (χ2v) is 9.46. The molecule has 0 aliphatic carbocycles. The molecule has 22 heavy (non-hydrogen) atoms. The topological polar surface area (TPSA) is 43.9 Å². The lowest BCUT2D eigenvalue weighted by molar-refractivity contribution is 0.279. The van der Waals surface area contributed by atoms with Crippen molar-refractivity contribution in [3.05, 3.63) is 21.9 Å². The summed E-state index contributed by atoms with van der Waals surface area (Å²) in [6, 6.07) is 4.34. The predicted molar refractivity (Wildman–Crippen MR) is 90.2 cm³/mol. The molecule has 0 saturated carbocycles. The molecule has 0 N–H and O–H groups in total. The average Bonchev–Trinajstić information content (AvgIpc) is 3.08. The molecule has 2 fully saturated rings. The van der Waals surface area contributed by atoms with Gasteiger partial charge in [-0.1, -0.05) is 0 Å². The maximum atomic E-state index is 12.6. The van der Waals surface area contributed by atoms with Crippen molar-refractivity contribution in [2.24, 2.45) is 0 Å². The van der Waals surface area contributed by atoms with Crippen molar-refractivity contribution in [2.75, 3.05) is 39.3 Å². The first kappa shape index (κ1) is 16.4. The van der Waals surface area contributed by atoms with Gasteiger partial charge in [0.15, 0.2) is 0 Å². The van der Waals surface area contributed by atoms with Gasteiger partial charge in [-0.25, -0.2) is 0 Å². The van der Waals surface area contributed by atoms with Crippen molar-refractivity contribution in [3.8, 4) is 0 Å². The van der Waals surface area contributed by atoms with E-state index in [1.807, 2.05) is 11.3 Å². The van der Waals surface area contributed by atoms with Crippen LogP contribution in [-0.2, 0) is 16.8 Å². The van der Waals surface area contributed by atoms with Gasteiger partial charge in [0, 0.05) is 49.0 Å². The number of hydrogen-bond acceptors (Lipinski definition) is 4. The number of nitrogens with zero attached hydrogens (tertiary/aromatic N) is 3. The number of thiophene rings is 1. The summed E-state index contributed by atoms with van der Waals surface area (Å²) in [7, 11) is -3.23. The van der Waals surface area contributed by atoms with Crippen molar-refractivity contribution < 1.29 is 8.42 Å². The normalized spacial score (nSPS) is 23.0. The molecule has 0 radical (unpaired) electrons. The van der Waals surface area contributed by atoms with Gasteiger partial charge < -0.3 is 0 Å². The Morgan fingerprint density at radius 2 is 1.64 bits per heavy atom. The van der Waals surface area contributed by atoms with Crippen molar-refractivity contribution >= 4 is 21.5 Å². The monoisotopic (exact) mass is 343 g/mol. The van der Waals surface area contributed by atoms with Crippen LogP contribution in [-0.4, -0.2) is 61.2 Å². The molecule has 2 saturated heterocycles. The Kier molecular flexibility index (Phi) is 5.19. The molecule has 7 heteroatoms. The van der Waals surface area contributed by atoms with E-state index in [1.54, 1.807) is 8.61 Å². The Labute approximate surface area is 137 Å². The second kappa shape index (κ2) is 6.97. The highest BCUT2D eigenvalue weighted by molar-refractivity contribution is 7.86. The zero-order chi connectivity index (χ0) is 15.6. The third kappa shape index (κ3) is 3.71. The molecule has 3 rings (SSSR count). The van der Waals surface area contributed by atoms with E-state index in [0.717, 1.165) is 38.9 Å². The van der Waals surface area contributed by atoms with Gasteiger partial charge in [0.1, 0.15) is 0 Å². The van der Waals surface area contributed by atoms with E-state index in [0.29, 0.717) is 26.2 Å². The lowest BCUT2D eigenvalue weighted by Crippen LogP contribution is -2.44. The minimum absolute atomic E-state index is 0.614. The zero-order valence-electron chi connectivity index (χ0n) is 13.2. The molecule has 0 spiro atoms. The number of hydrogen-bond donors (Lipinski definition) is 0. The minimum atomic E-state index is -3.23. The van der Waals surface area contributed by atoms with Crippen LogP contribution in [0, 0.1) is 6.92 Å². The summed E-state index contributed by atoms with van der Waals surface area (Å²) in [5, 5.41) is 0. The molecule has 3 heterocycles. The van der Waals surface area contributed by atoms with Crippen LogP contribution in [0.2, 0.25) is 0 Å². The molecular weight excluding hydrogens is 318 g/mol. The van der Waals surface area contributed by atoms with Crippen LogP contribution in [0.4, 0.5) is 0 Å². The van der Waals surface area contributed by atoms with Crippen LogP contribution < -0.4 is 0 Å². The zero-order valence-corrected chi connectivity index (χ0v) is 14.8. The summed E-state index contributed by atoms with van der Waals surface area (Å²) in [5.74, 6) is 0. The Hall–Kier alpha value is -0.470. The first-order chi connectivity index (χ1) is 10.6. The van der Waals surface area contributed by atoms with Gasteiger partial charge in [-0.15, -0.1) is 11.3 Å². The smallest absolute Gasteiger partial charge is 0.282 e. The van der Waals surface area contributed by atoms with E-state index in [1.165, 1.54) is 9.75 Å². The SMILES string of the molecule is Cc1ccc(CN2CCCN(S(=O)(=O)N3CCCC3)CC2)s1. The molecule has 124 valence electrons. The Morgan fingerprint density at radius 1 is 0.955 bits per heavy atom. The maximum Gasteiger partial charge on any atom is 0.282 e. The summed E-state index contributed by atoms with van der Waals surface area (Å²) >= 11 is 1.83. The molecule has 2 aliphatic rings. The first-order valence-electron chi connectivity index (χ1n) is 8.08. The number of aryl methyl sites for hydroxylation is 1. The quantitative estimate of drug-likeness (QED) is 0.839. The van der Waals surface area contributed by atoms with Gasteiger partial charge in [-0.3, -0.25) is 4.90 Å². The Morgan fingerprint density at radius 3 is 2.32 bits per heavy atom. The van der Waals surface area contributed by atoms with E-state index in [2.05, 4.69) is 24.0 Å². The molecule has 0 aromatic carbocycles. The van der Waals surface area contributed by atoms with Crippen LogP contribution in [0.5, 0.6) is 0 Å². The lowest BCUT2D eigenvalue weighted by atomic mass is 10.3. The fraction of sp³-hybridized carbons (Fsp3) is 0.733. The van der Waals surface area contributed by atoms with E-state index in [-0.39, 0.29) is 0 Å². The molecule has 0 atom stereocenters. The molecule has 0 amide bonds. The highest BCUT2D eigenvalue weighted by Gasteiger charge is 2.32. The summed E-state index contributed by atoms with van der Waals surface area (Å²) in [6.07, 6.45) is 2.91. The van der Waals surface area contributed by atoms with Crippen molar-refractivity contribution in [3.63, 3.8) is 0 Å². The highest BCUT2D eigenvalue weighted by atomic mass is 32.2. The summed E-state index contributed by atoms with van der Waals surface area (Å²) in [4.78, 5) is 5.08. The van der Waals surface area contributed by atoms with Gasteiger partial charge in [0.2, 0.25) is 0 Å². The first-order valence-corrected chi connectivity index (χ1v) is 10.3. The fourth-order valence-corrected chi connectivity index (χ4v) is 5.86. The Balaban J connectivity index is 1.59. The highest BCUT2D eigenvalue weighted by Crippen LogP contribution is 2.20. The minimum Gasteiger partial charge on any atom is -0.297 e. The van der Waals surface area contributed by atoms with Crippen LogP contribution >= 0.6 is 11.3 Å². The Bertz CT molecular complexity index is 594. The van der Waals surface area contributed by atoms with Crippen LogP contribution in [0.3, 0.4) is 0 Å². The van der Waals surface area contributed by atoms with E-state index in [4.69, 9.17) is 0 Å². The van der Waals surface area contributed by atoms with Crippen LogP contribution in [0.25, 0.3) is 0 Å². The van der Waals surface area contributed by atoms with E-state index in [9.17, 15) is 8.42 Å². The molecular formula is C15H25N3O2S2. The van der Waals surface area contributed by atoms with Crippen molar-refractivity contribution in [1.29, 1.82) is 0 Å². The summed E-state index contributed by atoms with van der Waals surface area (Å²) in [5.41, 5.74) is 0. The summed E-state index contributed by atoms with van der Waals surface area (Å²) < 4.78 is 28.6. The average molecular weight is 344 g/mol. The molecule has 1 aromatic rings. The third-order valence-electron chi connectivity index (χ3n) is 4.44. The van der Waals surface area contributed by atoms with Gasteiger partial charge in [0.05, 0.1) is 0 Å². The van der Waals surface area contributed by atoms with Crippen LogP contribution in [0.15, 0.2) is 12.1 Å². The number of rotatable bonds is 4. The van der Waals surface area contributed by atoms with Gasteiger partial charge in [0.25, 0.3) is 10.2 Å². The predicted octanol–water partition coefficient (Wildman–Crippen LogP) is 1.90. The maximum absolute atomic E-state index is 12.6. The third-order valence-corrected chi connectivity index (χ3v) is 7.46. The second-order valence-electron chi connectivity index (χ2n) is 6.16. The van der Waals surface area contributed by atoms with Gasteiger partial charge in [-0.05, 0) is 44.9 Å². The molecule has 2 aliphatic heterocycles. The molecule has 0 bridgehead atoms. The largest absolute Gasteiger partial charge is 0.297 e. The van der Waals surface area contributed by atoms with Crippen LogP contribution in [0.1, 0.15) is 29.0 Å². The van der Waals surface area contributed by atoms with E-state index >= 15 is 0 Å². The van der Waals surface area contributed by atoms with Gasteiger partial charge in [-0.2, -0.15) is 17.0 Å². The summed E-state index contributed by atoms with van der Waals surface area (Å²) in [6.45, 7) is 7.51. The molecule has 5 nitrogen and oxygen atoms in total. The van der Waals surface area contributed by atoms with Crippen molar-refractivity contribution in [2.45, 2.75) is 32.7 Å². The van der Waals surface area contributed by atoms with Crippen molar-refractivity contribution in [1.82, 2.24) is 13.5 Å². The lowest BCUT2D eigenvalue weighted by Gasteiger charge is -2.26. The molecule has 0 unspecified atom stereocenters.